The van der Waals surface area contributed by atoms with Gasteiger partial charge in [0.1, 0.15) is 18.1 Å². The van der Waals surface area contributed by atoms with E-state index >= 15 is 0 Å². The molecule has 2 aliphatic heterocycles. The molecule has 1 aromatic rings. The van der Waals surface area contributed by atoms with Crippen LogP contribution < -0.4 is 20.1 Å². The molecule has 0 amide bonds. The summed E-state index contributed by atoms with van der Waals surface area (Å²) in [5.74, 6) is 2.46. The van der Waals surface area contributed by atoms with E-state index in [-0.39, 0.29) is 30.1 Å². The van der Waals surface area contributed by atoms with Crippen LogP contribution in [0.3, 0.4) is 0 Å². The maximum atomic E-state index is 5.98. The molecule has 2 fully saturated rings. The lowest BCUT2D eigenvalue weighted by atomic mass is 10.2. The maximum Gasteiger partial charge on any atom is 0.191 e. The Morgan fingerprint density at radius 3 is 2.79 bits per heavy atom. The van der Waals surface area contributed by atoms with Crippen molar-refractivity contribution in [3.05, 3.63) is 24.3 Å². The Hall–Kier alpha value is -1.26. The van der Waals surface area contributed by atoms with E-state index in [0.717, 1.165) is 37.2 Å². The van der Waals surface area contributed by atoms with Crippen LogP contribution in [0.1, 0.15) is 19.8 Å². The van der Waals surface area contributed by atoms with E-state index in [1.807, 2.05) is 24.3 Å². The summed E-state index contributed by atoms with van der Waals surface area (Å²) < 4.78 is 16.9. The van der Waals surface area contributed by atoms with E-state index in [1.54, 1.807) is 7.11 Å². The van der Waals surface area contributed by atoms with E-state index < -0.39 is 0 Å². The molecule has 1 aromatic carbocycles. The van der Waals surface area contributed by atoms with E-state index in [4.69, 9.17) is 14.2 Å². The first-order chi connectivity index (χ1) is 13.3. The normalized spacial score (nSPS) is 22.1. The summed E-state index contributed by atoms with van der Waals surface area (Å²) in [6, 6.07) is 8.23. The van der Waals surface area contributed by atoms with Crippen molar-refractivity contribution in [3.63, 3.8) is 0 Å². The molecular formula is C20H33IN4O3. The van der Waals surface area contributed by atoms with Gasteiger partial charge < -0.3 is 24.8 Å². The average molecular weight is 504 g/mol. The van der Waals surface area contributed by atoms with Gasteiger partial charge in [0.2, 0.25) is 0 Å². The van der Waals surface area contributed by atoms with E-state index in [1.165, 1.54) is 19.4 Å². The van der Waals surface area contributed by atoms with E-state index in [9.17, 15) is 0 Å². The maximum absolute atomic E-state index is 5.98. The number of aliphatic imine (C=N–C) groups is 1. The van der Waals surface area contributed by atoms with Gasteiger partial charge >= 0.3 is 0 Å². The van der Waals surface area contributed by atoms with Crippen LogP contribution in [0.15, 0.2) is 29.3 Å². The van der Waals surface area contributed by atoms with Gasteiger partial charge in [-0.05, 0) is 50.6 Å². The largest absolute Gasteiger partial charge is 0.497 e. The molecule has 0 bridgehead atoms. The van der Waals surface area contributed by atoms with Crippen LogP contribution >= 0.6 is 24.0 Å². The second-order valence-electron chi connectivity index (χ2n) is 6.92. The predicted molar refractivity (Wildman–Crippen MR) is 122 cm³/mol. The molecule has 2 atom stereocenters. The van der Waals surface area contributed by atoms with Crippen LogP contribution in [-0.4, -0.2) is 76.1 Å². The number of methoxy groups -OCH3 is 1. The van der Waals surface area contributed by atoms with E-state index in [0.29, 0.717) is 25.7 Å². The fourth-order valence-corrected chi connectivity index (χ4v) is 3.54. The zero-order valence-electron chi connectivity index (χ0n) is 16.9. The number of hydrogen-bond donors (Lipinski definition) is 2. The van der Waals surface area contributed by atoms with Crippen molar-refractivity contribution < 1.29 is 14.2 Å². The van der Waals surface area contributed by atoms with Gasteiger partial charge in [0.15, 0.2) is 5.96 Å². The van der Waals surface area contributed by atoms with Crippen molar-refractivity contribution >= 4 is 29.9 Å². The summed E-state index contributed by atoms with van der Waals surface area (Å²) >= 11 is 0. The van der Waals surface area contributed by atoms with Gasteiger partial charge in [-0.15, -0.1) is 24.0 Å². The Bertz CT molecular complexity index is 600. The number of fused-ring (bicyclic) bond motifs is 1. The monoisotopic (exact) mass is 504 g/mol. The third kappa shape index (κ3) is 6.97. The molecule has 2 unspecified atom stereocenters. The molecule has 2 saturated heterocycles. The second-order valence-corrected chi connectivity index (χ2v) is 6.92. The first kappa shape index (κ1) is 23.0. The van der Waals surface area contributed by atoms with Crippen LogP contribution in [0.2, 0.25) is 0 Å². The minimum Gasteiger partial charge on any atom is -0.497 e. The van der Waals surface area contributed by atoms with Crippen LogP contribution in [0.25, 0.3) is 0 Å². The van der Waals surface area contributed by atoms with Gasteiger partial charge in [-0.1, -0.05) is 0 Å². The molecule has 3 rings (SSSR count). The molecule has 2 heterocycles. The zero-order valence-corrected chi connectivity index (χ0v) is 19.2. The molecule has 0 saturated carbocycles. The highest BCUT2D eigenvalue weighted by Crippen LogP contribution is 2.22. The fourth-order valence-electron chi connectivity index (χ4n) is 3.54. The van der Waals surface area contributed by atoms with Crippen molar-refractivity contribution in [1.82, 2.24) is 15.5 Å². The summed E-state index contributed by atoms with van der Waals surface area (Å²) in [6.45, 7) is 7.85. The lowest BCUT2D eigenvalue weighted by Gasteiger charge is -2.34. The average Bonchev–Trinajstić information content (AvgIpc) is 3.17. The number of nitrogens with zero attached hydrogens (tertiary/aromatic N) is 2. The van der Waals surface area contributed by atoms with Gasteiger partial charge in [-0.3, -0.25) is 9.89 Å². The summed E-state index contributed by atoms with van der Waals surface area (Å²) in [6.07, 6.45) is 2.75. The number of hydrogen-bond acceptors (Lipinski definition) is 5. The van der Waals surface area contributed by atoms with Gasteiger partial charge in [0.25, 0.3) is 0 Å². The molecule has 0 spiro atoms. The third-order valence-electron chi connectivity index (χ3n) is 4.98. The number of ether oxygens (including phenoxy) is 3. The molecule has 0 aliphatic carbocycles. The molecule has 0 aromatic heterocycles. The molecule has 2 N–H and O–H groups in total. The Kier molecular flexibility index (Phi) is 10.1. The Morgan fingerprint density at radius 2 is 2.04 bits per heavy atom. The van der Waals surface area contributed by atoms with Gasteiger partial charge in [-0.2, -0.15) is 0 Å². The summed E-state index contributed by atoms with van der Waals surface area (Å²) in [4.78, 5) is 7.24. The molecular weight excluding hydrogens is 471 g/mol. The summed E-state index contributed by atoms with van der Waals surface area (Å²) in [7, 11) is 1.66. The first-order valence-corrected chi connectivity index (χ1v) is 9.93. The molecule has 158 valence electrons. The quantitative estimate of drug-likeness (QED) is 0.245. The molecule has 8 heteroatoms. The summed E-state index contributed by atoms with van der Waals surface area (Å²) in [5.41, 5.74) is 0. The van der Waals surface area contributed by atoms with Crippen LogP contribution in [0, 0.1) is 0 Å². The third-order valence-corrected chi connectivity index (χ3v) is 4.98. The van der Waals surface area contributed by atoms with Crippen molar-refractivity contribution in [2.24, 2.45) is 4.99 Å². The molecule has 0 radical (unpaired) electrons. The highest BCUT2D eigenvalue weighted by atomic mass is 127. The molecule has 7 nitrogen and oxygen atoms in total. The highest BCUT2D eigenvalue weighted by Gasteiger charge is 2.31. The SMILES string of the molecule is CCNC(=NCC1CN2CCCC2CO1)NCCOc1ccc(OC)cc1.I. The van der Waals surface area contributed by atoms with Gasteiger partial charge in [0, 0.05) is 19.1 Å². The van der Waals surface area contributed by atoms with Crippen molar-refractivity contribution in [1.29, 1.82) is 0 Å². The molecule has 2 aliphatic rings. The number of nitrogens with one attached hydrogen (secondary N) is 2. The van der Waals surface area contributed by atoms with Crippen molar-refractivity contribution in [2.45, 2.75) is 31.9 Å². The first-order valence-electron chi connectivity index (χ1n) is 9.93. The Morgan fingerprint density at radius 1 is 1.25 bits per heavy atom. The topological polar surface area (TPSA) is 67.4 Å². The molecule has 28 heavy (non-hydrogen) atoms. The van der Waals surface area contributed by atoms with Gasteiger partial charge in [-0.25, -0.2) is 0 Å². The smallest absolute Gasteiger partial charge is 0.191 e. The zero-order chi connectivity index (χ0) is 18.9. The van der Waals surface area contributed by atoms with Crippen molar-refractivity contribution in [2.75, 3.05) is 53.0 Å². The number of benzene rings is 1. The fraction of sp³-hybridized carbons (Fsp3) is 0.650. The Balaban J connectivity index is 0.00000280. The summed E-state index contributed by atoms with van der Waals surface area (Å²) in [5, 5.41) is 6.60. The second kappa shape index (κ2) is 12.3. The minimum atomic E-state index is 0. The number of guanidine groups is 1. The number of rotatable bonds is 8. The Labute approximate surface area is 185 Å². The number of halogens is 1. The number of morpholine rings is 1. The predicted octanol–water partition coefficient (Wildman–Crippen LogP) is 2.11. The van der Waals surface area contributed by atoms with Gasteiger partial charge in [0.05, 0.1) is 32.9 Å². The van der Waals surface area contributed by atoms with E-state index in [2.05, 4.69) is 27.4 Å². The standard InChI is InChI=1S/C20H32N4O3.HI/c1-3-21-20(22-10-12-26-18-8-6-17(25-2)7-9-18)23-13-19-14-24-11-4-5-16(24)15-27-19;/h6-9,16,19H,3-5,10-15H2,1-2H3,(H2,21,22,23);1H. The van der Waals surface area contributed by atoms with Crippen LogP contribution in [0.5, 0.6) is 11.5 Å². The highest BCUT2D eigenvalue weighted by molar-refractivity contribution is 14.0. The minimum absolute atomic E-state index is 0. The van der Waals surface area contributed by atoms with Crippen molar-refractivity contribution in [3.8, 4) is 11.5 Å². The lowest BCUT2D eigenvalue weighted by Crippen LogP contribution is -2.47. The lowest BCUT2D eigenvalue weighted by molar-refractivity contribution is -0.0432. The van der Waals surface area contributed by atoms with Crippen LogP contribution in [-0.2, 0) is 4.74 Å². The van der Waals surface area contributed by atoms with Crippen LogP contribution in [0.4, 0.5) is 0 Å².